The maximum Gasteiger partial charge on any atom is 0.246 e. The third kappa shape index (κ3) is 4.52. The number of thiophene rings is 1. The summed E-state index contributed by atoms with van der Waals surface area (Å²) in [5, 5.41) is 16.1. The molecule has 2 aliphatic heterocycles. The van der Waals surface area contributed by atoms with Gasteiger partial charge < -0.3 is 15.0 Å². The Balaban J connectivity index is 1.25. The average Bonchev–Trinajstić information content (AvgIpc) is 3.67. The van der Waals surface area contributed by atoms with Gasteiger partial charge in [0.05, 0.1) is 24.4 Å². The number of amides is 1. The molecule has 0 saturated carbocycles. The molecule has 4 heterocycles. The van der Waals surface area contributed by atoms with Crippen LogP contribution in [0.3, 0.4) is 0 Å². The second-order valence-electron chi connectivity index (χ2n) is 9.66. The van der Waals surface area contributed by atoms with Gasteiger partial charge in [-0.2, -0.15) is 16.4 Å². The summed E-state index contributed by atoms with van der Waals surface area (Å²) in [4.78, 5) is 18.2. The van der Waals surface area contributed by atoms with Gasteiger partial charge in [0, 0.05) is 41.5 Å². The highest BCUT2D eigenvalue weighted by Crippen LogP contribution is 2.33. The number of carbonyl (C=O) groups excluding carboxylic acids is 1. The van der Waals surface area contributed by atoms with Crippen LogP contribution in [0.25, 0.3) is 22.2 Å². The predicted octanol–water partition coefficient (Wildman–Crippen LogP) is 5.29. The summed E-state index contributed by atoms with van der Waals surface area (Å²) in [6.45, 7) is 6.52. The largest absolute Gasteiger partial charge is 0.378 e. The minimum Gasteiger partial charge on any atom is -0.378 e. The number of benzene rings is 2. The molecule has 4 aromatic rings. The Morgan fingerprint density at radius 3 is 2.69 bits per heavy atom. The first-order valence-corrected chi connectivity index (χ1v) is 13.6. The number of fused-ring (bicyclic) bond motifs is 1. The molecule has 8 heteroatoms. The summed E-state index contributed by atoms with van der Waals surface area (Å²) < 4.78 is 5.47. The first-order chi connectivity index (χ1) is 17.7. The van der Waals surface area contributed by atoms with Crippen molar-refractivity contribution in [1.29, 1.82) is 0 Å². The van der Waals surface area contributed by atoms with E-state index < -0.39 is 0 Å². The number of H-pyrrole nitrogens is 1. The van der Waals surface area contributed by atoms with Crippen LogP contribution in [0, 0.1) is 0 Å². The van der Waals surface area contributed by atoms with E-state index in [0.29, 0.717) is 6.04 Å². The molecule has 0 radical (unpaired) electrons. The van der Waals surface area contributed by atoms with Gasteiger partial charge in [0.15, 0.2) is 0 Å². The fourth-order valence-electron chi connectivity index (χ4n) is 5.44. The number of carbonyl (C=O) groups is 1. The molecule has 186 valence electrons. The zero-order chi connectivity index (χ0) is 24.5. The number of ether oxygens (including phenoxy) is 1. The Morgan fingerprint density at radius 1 is 1.14 bits per heavy atom. The van der Waals surface area contributed by atoms with E-state index >= 15 is 0 Å². The summed E-state index contributed by atoms with van der Waals surface area (Å²) in [6, 6.07) is 16.7. The van der Waals surface area contributed by atoms with Crippen LogP contribution in [0.15, 0.2) is 59.3 Å². The van der Waals surface area contributed by atoms with E-state index in [1.54, 1.807) is 11.3 Å². The summed E-state index contributed by atoms with van der Waals surface area (Å²) in [5.41, 5.74) is 5.93. The molecular formula is C28H31N5O2S. The summed E-state index contributed by atoms with van der Waals surface area (Å²) >= 11 is 1.64. The highest BCUT2D eigenvalue weighted by molar-refractivity contribution is 7.08. The Kier molecular flexibility index (Phi) is 6.48. The van der Waals surface area contributed by atoms with Crippen molar-refractivity contribution in [1.82, 2.24) is 15.1 Å². The molecular weight excluding hydrogens is 470 g/mol. The molecule has 36 heavy (non-hydrogen) atoms. The molecule has 2 aromatic heterocycles. The minimum atomic E-state index is -0.277. The molecule has 2 aliphatic rings. The van der Waals surface area contributed by atoms with Crippen molar-refractivity contribution >= 4 is 39.5 Å². The van der Waals surface area contributed by atoms with Crippen LogP contribution in [0.2, 0.25) is 0 Å². The lowest BCUT2D eigenvalue weighted by molar-refractivity contribution is -0.121. The van der Waals surface area contributed by atoms with Gasteiger partial charge >= 0.3 is 0 Å². The van der Waals surface area contributed by atoms with E-state index in [0.717, 1.165) is 79.1 Å². The average molecular weight is 502 g/mol. The van der Waals surface area contributed by atoms with Gasteiger partial charge in [-0.15, -0.1) is 0 Å². The van der Waals surface area contributed by atoms with Crippen molar-refractivity contribution in [3.8, 4) is 11.3 Å². The second kappa shape index (κ2) is 10.0. The first-order valence-electron chi connectivity index (χ1n) is 12.7. The normalized spacial score (nSPS) is 19.6. The molecule has 0 spiro atoms. The van der Waals surface area contributed by atoms with Crippen molar-refractivity contribution in [3.05, 3.63) is 64.9 Å². The third-order valence-electron chi connectivity index (χ3n) is 7.39. The van der Waals surface area contributed by atoms with Crippen molar-refractivity contribution in [2.45, 2.75) is 31.8 Å². The van der Waals surface area contributed by atoms with E-state index in [2.05, 4.69) is 67.9 Å². The number of aromatic amines is 1. The van der Waals surface area contributed by atoms with Crippen LogP contribution in [0.4, 0.5) is 11.4 Å². The highest BCUT2D eigenvalue weighted by Gasteiger charge is 2.34. The number of nitrogens with zero attached hydrogens (tertiary/aromatic N) is 3. The number of hydrogen-bond donors (Lipinski definition) is 2. The van der Waals surface area contributed by atoms with Gasteiger partial charge in [0.1, 0.15) is 6.04 Å². The topological polar surface area (TPSA) is 73.5 Å². The minimum absolute atomic E-state index is 0.0152. The Hall–Kier alpha value is -3.20. The Morgan fingerprint density at radius 2 is 1.97 bits per heavy atom. The lowest BCUT2D eigenvalue weighted by atomic mass is 10.1. The van der Waals surface area contributed by atoms with Gasteiger partial charge in [-0.05, 0) is 79.0 Å². The smallest absolute Gasteiger partial charge is 0.246 e. The van der Waals surface area contributed by atoms with E-state index in [1.807, 2.05) is 23.6 Å². The highest BCUT2D eigenvalue weighted by atomic mass is 32.1. The van der Waals surface area contributed by atoms with Crippen LogP contribution in [-0.2, 0) is 9.53 Å². The van der Waals surface area contributed by atoms with Gasteiger partial charge in [0.2, 0.25) is 5.91 Å². The third-order valence-corrected chi connectivity index (χ3v) is 8.09. The maximum atomic E-state index is 13.6. The fourth-order valence-corrected chi connectivity index (χ4v) is 6.12. The van der Waals surface area contributed by atoms with Crippen LogP contribution in [0.5, 0.6) is 0 Å². The quantitative estimate of drug-likeness (QED) is 0.376. The van der Waals surface area contributed by atoms with Crippen molar-refractivity contribution in [2.24, 2.45) is 0 Å². The Bertz CT molecular complexity index is 1330. The fraction of sp³-hybridized carbons (Fsp3) is 0.357. The molecule has 2 aromatic carbocycles. The van der Waals surface area contributed by atoms with E-state index in [1.165, 1.54) is 5.69 Å². The molecule has 2 N–H and O–H groups in total. The van der Waals surface area contributed by atoms with Gasteiger partial charge in [0.25, 0.3) is 0 Å². The zero-order valence-electron chi connectivity index (χ0n) is 20.4. The number of rotatable bonds is 6. The van der Waals surface area contributed by atoms with Crippen molar-refractivity contribution in [3.63, 3.8) is 0 Å². The van der Waals surface area contributed by atoms with Crippen LogP contribution in [-0.4, -0.2) is 59.9 Å². The Labute approximate surface area is 215 Å². The molecule has 2 saturated heterocycles. The van der Waals surface area contributed by atoms with Crippen LogP contribution >= 0.6 is 11.3 Å². The molecule has 1 unspecified atom stereocenters. The van der Waals surface area contributed by atoms with Crippen molar-refractivity contribution in [2.75, 3.05) is 43.1 Å². The number of hydrogen-bond acceptors (Lipinski definition) is 6. The van der Waals surface area contributed by atoms with E-state index in [-0.39, 0.29) is 11.9 Å². The van der Waals surface area contributed by atoms with Gasteiger partial charge in [-0.25, -0.2) is 0 Å². The standard InChI is InChI=1S/C28H31N5O2S/c1-19-3-2-11-33(19)27(21-10-16-36-18-21)28(34)29-22-6-9-25-24(17-22)26(31-30-25)20-4-7-23(8-5-20)32-12-14-35-15-13-32/h4-10,16-19,27H,2-3,11-15H2,1H3,(H,29,34)(H,30,31)/t19?,27-/m1/s1. The number of nitrogens with one attached hydrogen (secondary N) is 2. The molecule has 6 rings (SSSR count). The molecule has 7 nitrogen and oxygen atoms in total. The summed E-state index contributed by atoms with van der Waals surface area (Å²) in [6.07, 6.45) is 2.26. The summed E-state index contributed by atoms with van der Waals surface area (Å²) in [5.74, 6) is 0.0152. The van der Waals surface area contributed by atoms with Gasteiger partial charge in [-0.1, -0.05) is 12.1 Å². The number of morpholine rings is 1. The lowest BCUT2D eigenvalue weighted by Gasteiger charge is -2.30. The SMILES string of the molecule is CC1CCCN1[C@@H](C(=O)Nc1ccc2[nH]nc(-c3ccc(N4CCOCC4)cc3)c2c1)c1ccsc1. The molecule has 0 bridgehead atoms. The lowest BCUT2D eigenvalue weighted by Crippen LogP contribution is -2.39. The number of likely N-dealkylation sites (tertiary alicyclic amines) is 1. The number of anilines is 2. The van der Waals surface area contributed by atoms with Crippen molar-refractivity contribution < 1.29 is 9.53 Å². The summed E-state index contributed by atoms with van der Waals surface area (Å²) in [7, 11) is 0. The monoisotopic (exact) mass is 501 g/mol. The zero-order valence-corrected chi connectivity index (χ0v) is 21.3. The van der Waals surface area contributed by atoms with Crippen LogP contribution < -0.4 is 10.2 Å². The van der Waals surface area contributed by atoms with Crippen LogP contribution in [0.1, 0.15) is 31.4 Å². The number of aromatic nitrogens is 2. The predicted molar refractivity (Wildman–Crippen MR) is 146 cm³/mol. The molecule has 1 amide bonds. The maximum absolute atomic E-state index is 13.6. The molecule has 2 fully saturated rings. The van der Waals surface area contributed by atoms with E-state index in [4.69, 9.17) is 4.74 Å². The first kappa shape index (κ1) is 23.2. The molecule has 0 aliphatic carbocycles. The van der Waals surface area contributed by atoms with E-state index in [9.17, 15) is 4.79 Å². The molecule has 2 atom stereocenters. The van der Waals surface area contributed by atoms with Gasteiger partial charge in [-0.3, -0.25) is 14.8 Å². The second-order valence-corrected chi connectivity index (χ2v) is 10.4.